The van der Waals surface area contributed by atoms with Crippen molar-refractivity contribution in [2.24, 2.45) is 0 Å². The molecular weight excluding hydrogens is 224 g/mol. The Kier molecular flexibility index (Phi) is 4.52. The van der Waals surface area contributed by atoms with Crippen molar-refractivity contribution in [3.05, 3.63) is 0 Å². The van der Waals surface area contributed by atoms with Crippen LogP contribution >= 0.6 is 0 Å². The van der Waals surface area contributed by atoms with Crippen LogP contribution in [0.5, 0.6) is 0 Å². The van der Waals surface area contributed by atoms with E-state index in [9.17, 15) is 4.79 Å². The molecule has 0 saturated carbocycles. The summed E-state index contributed by atoms with van der Waals surface area (Å²) in [4.78, 5) is 11.8. The lowest BCUT2D eigenvalue weighted by Crippen LogP contribution is -2.64. The number of unbranched alkanes of at least 4 members (excludes halogenated alkanes) is 1. The van der Waals surface area contributed by atoms with Gasteiger partial charge < -0.3 is 18.9 Å². The zero-order valence-corrected chi connectivity index (χ0v) is 11.2. The van der Waals surface area contributed by atoms with E-state index in [0.717, 1.165) is 12.8 Å². The molecule has 0 bridgehead atoms. The number of ether oxygens (including phenoxy) is 4. The molecule has 0 amide bonds. The molecule has 3 atom stereocenters. The molecule has 0 aromatic heterocycles. The first-order valence-electron chi connectivity index (χ1n) is 5.93. The third-order valence-corrected chi connectivity index (χ3v) is 3.35. The van der Waals surface area contributed by atoms with Crippen LogP contribution in [0.2, 0.25) is 0 Å². The summed E-state index contributed by atoms with van der Waals surface area (Å²) in [6.07, 6.45) is 1.96. The lowest BCUT2D eigenvalue weighted by atomic mass is 10.0. The van der Waals surface area contributed by atoms with Gasteiger partial charge in [-0.05, 0) is 13.3 Å². The SMILES string of the molecule is CCCC[C@H]1O[C@](C)(OC)[C@@](C)(OC)OC1=O. The van der Waals surface area contributed by atoms with Gasteiger partial charge in [0.1, 0.15) is 0 Å². The van der Waals surface area contributed by atoms with Gasteiger partial charge in [-0.1, -0.05) is 19.8 Å². The average molecular weight is 246 g/mol. The Bertz CT molecular complexity index is 280. The van der Waals surface area contributed by atoms with Gasteiger partial charge in [0.15, 0.2) is 6.10 Å². The van der Waals surface area contributed by atoms with Crippen molar-refractivity contribution in [3.63, 3.8) is 0 Å². The fourth-order valence-corrected chi connectivity index (χ4v) is 1.80. The van der Waals surface area contributed by atoms with Gasteiger partial charge in [0, 0.05) is 21.1 Å². The normalized spacial score (nSPS) is 37.9. The van der Waals surface area contributed by atoms with Crippen molar-refractivity contribution in [3.8, 4) is 0 Å². The Labute approximate surface area is 102 Å². The van der Waals surface area contributed by atoms with Crippen molar-refractivity contribution >= 4 is 5.97 Å². The highest BCUT2D eigenvalue weighted by Gasteiger charge is 2.57. The van der Waals surface area contributed by atoms with Gasteiger partial charge in [-0.2, -0.15) is 0 Å². The van der Waals surface area contributed by atoms with Gasteiger partial charge in [-0.15, -0.1) is 0 Å². The Morgan fingerprint density at radius 2 is 1.82 bits per heavy atom. The summed E-state index contributed by atoms with van der Waals surface area (Å²) < 4.78 is 21.6. The molecule has 100 valence electrons. The van der Waals surface area contributed by atoms with E-state index < -0.39 is 23.6 Å². The van der Waals surface area contributed by atoms with Crippen molar-refractivity contribution < 1.29 is 23.7 Å². The van der Waals surface area contributed by atoms with E-state index in [1.165, 1.54) is 14.2 Å². The smallest absolute Gasteiger partial charge is 0.338 e. The monoisotopic (exact) mass is 246 g/mol. The minimum atomic E-state index is -1.22. The molecule has 1 aliphatic heterocycles. The third-order valence-electron chi connectivity index (χ3n) is 3.35. The molecule has 0 unspecified atom stereocenters. The predicted molar refractivity (Wildman–Crippen MR) is 61.3 cm³/mol. The molecule has 1 aliphatic rings. The molecule has 0 aliphatic carbocycles. The molecule has 17 heavy (non-hydrogen) atoms. The first kappa shape index (κ1) is 14.4. The lowest BCUT2D eigenvalue weighted by Gasteiger charge is -2.47. The number of hydrogen-bond acceptors (Lipinski definition) is 5. The summed E-state index contributed by atoms with van der Waals surface area (Å²) in [6, 6.07) is 0. The molecule has 0 N–H and O–H groups in total. The molecular formula is C12H22O5. The van der Waals surface area contributed by atoms with Gasteiger partial charge in [0.05, 0.1) is 0 Å². The molecule has 1 rings (SSSR count). The highest BCUT2D eigenvalue weighted by molar-refractivity contribution is 5.75. The fraction of sp³-hybridized carbons (Fsp3) is 0.917. The summed E-state index contributed by atoms with van der Waals surface area (Å²) in [7, 11) is 2.97. The second-order valence-corrected chi connectivity index (χ2v) is 4.47. The number of carbonyl (C=O) groups is 1. The van der Waals surface area contributed by atoms with Crippen molar-refractivity contribution in [1.29, 1.82) is 0 Å². The van der Waals surface area contributed by atoms with E-state index in [0.29, 0.717) is 6.42 Å². The van der Waals surface area contributed by atoms with Crippen LogP contribution in [-0.2, 0) is 23.7 Å². The quantitative estimate of drug-likeness (QED) is 0.693. The van der Waals surface area contributed by atoms with E-state index >= 15 is 0 Å². The zero-order valence-electron chi connectivity index (χ0n) is 11.2. The second kappa shape index (κ2) is 5.33. The number of rotatable bonds is 5. The highest BCUT2D eigenvalue weighted by Crippen LogP contribution is 2.37. The van der Waals surface area contributed by atoms with E-state index in [-0.39, 0.29) is 0 Å². The van der Waals surface area contributed by atoms with Crippen LogP contribution in [0.15, 0.2) is 0 Å². The van der Waals surface area contributed by atoms with Gasteiger partial charge in [0.25, 0.3) is 5.79 Å². The minimum absolute atomic E-state index is 0.391. The summed E-state index contributed by atoms with van der Waals surface area (Å²) in [5, 5.41) is 0. The molecule has 0 aromatic carbocycles. The van der Waals surface area contributed by atoms with Gasteiger partial charge in [-0.25, -0.2) is 4.79 Å². The van der Waals surface area contributed by atoms with E-state index in [2.05, 4.69) is 6.92 Å². The van der Waals surface area contributed by atoms with Crippen LogP contribution in [0.3, 0.4) is 0 Å². The summed E-state index contributed by atoms with van der Waals surface area (Å²) in [5.41, 5.74) is 0. The maximum absolute atomic E-state index is 11.8. The van der Waals surface area contributed by atoms with Crippen LogP contribution in [0.4, 0.5) is 0 Å². The summed E-state index contributed by atoms with van der Waals surface area (Å²) in [5.74, 6) is -2.70. The van der Waals surface area contributed by atoms with E-state index in [1.54, 1.807) is 13.8 Å². The molecule has 1 saturated heterocycles. The standard InChI is InChI=1S/C12H22O5/c1-6-7-8-9-10(13)17-12(3,15-5)11(2,14-4)16-9/h9H,6-8H2,1-5H3/t9-,11+,12+/m1/s1. The lowest BCUT2D eigenvalue weighted by molar-refractivity contribution is -0.406. The maximum atomic E-state index is 11.8. The Morgan fingerprint density at radius 3 is 2.29 bits per heavy atom. The van der Waals surface area contributed by atoms with Gasteiger partial charge in [0.2, 0.25) is 5.79 Å². The number of hydrogen-bond donors (Lipinski definition) is 0. The van der Waals surface area contributed by atoms with Crippen LogP contribution < -0.4 is 0 Å². The first-order chi connectivity index (χ1) is 7.92. The van der Waals surface area contributed by atoms with Crippen LogP contribution in [0, 0.1) is 0 Å². The summed E-state index contributed by atoms with van der Waals surface area (Å²) >= 11 is 0. The van der Waals surface area contributed by atoms with Crippen LogP contribution in [0.25, 0.3) is 0 Å². The predicted octanol–water partition coefficient (Wildman–Crippen LogP) is 1.84. The van der Waals surface area contributed by atoms with E-state index in [4.69, 9.17) is 18.9 Å². The Morgan fingerprint density at radius 1 is 1.24 bits per heavy atom. The molecule has 5 heteroatoms. The highest BCUT2D eigenvalue weighted by atomic mass is 16.8. The first-order valence-corrected chi connectivity index (χ1v) is 5.93. The Balaban J connectivity index is 2.84. The van der Waals surface area contributed by atoms with Crippen molar-refractivity contribution in [1.82, 2.24) is 0 Å². The largest absolute Gasteiger partial charge is 0.425 e. The van der Waals surface area contributed by atoms with Crippen molar-refractivity contribution in [2.45, 2.75) is 57.7 Å². The molecule has 5 nitrogen and oxygen atoms in total. The number of methoxy groups -OCH3 is 2. The number of cyclic esters (lactones) is 1. The average Bonchev–Trinajstić information content (AvgIpc) is 2.32. The third kappa shape index (κ3) is 2.61. The summed E-state index contributed by atoms with van der Waals surface area (Å²) in [6.45, 7) is 5.40. The maximum Gasteiger partial charge on any atom is 0.338 e. The number of carbonyl (C=O) groups excluding carboxylic acids is 1. The van der Waals surface area contributed by atoms with Gasteiger partial charge >= 0.3 is 5.97 Å². The zero-order chi connectivity index (χ0) is 13.1. The second-order valence-electron chi connectivity index (χ2n) is 4.47. The van der Waals surface area contributed by atoms with Crippen LogP contribution in [0.1, 0.15) is 40.0 Å². The number of esters is 1. The van der Waals surface area contributed by atoms with Crippen LogP contribution in [-0.4, -0.2) is 37.9 Å². The topological polar surface area (TPSA) is 54.0 Å². The molecule has 0 radical (unpaired) electrons. The Hall–Kier alpha value is -0.650. The molecule has 1 heterocycles. The minimum Gasteiger partial charge on any atom is -0.425 e. The fourth-order valence-electron chi connectivity index (χ4n) is 1.80. The van der Waals surface area contributed by atoms with E-state index in [1.807, 2.05) is 0 Å². The van der Waals surface area contributed by atoms with Crippen molar-refractivity contribution in [2.75, 3.05) is 14.2 Å². The van der Waals surface area contributed by atoms with Gasteiger partial charge in [-0.3, -0.25) is 0 Å². The molecule has 1 fully saturated rings. The molecule has 0 spiro atoms. The molecule has 0 aromatic rings.